The van der Waals surface area contributed by atoms with Crippen LogP contribution in [0.4, 0.5) is 0 Å². The van der Waals surface area contributed by atoms with E-state index in [4.69, 9.17) is 23.9 Å². The number of hydrogen-bond donors (Lipinski definition) is 0. The van der Waals surface area contributed by atoms with Crippen molar-refractivity contribution in [1.29, 1.82) is 0 Å². The molecule has 0 unspecified atom stereocenters. The molecule has 0 aliphatic heterocycles. The smallest absolute Gasteiger partial charge is 0.136 e. The van der Waals surface area contributed by atoms with Crippen molar-refractivity contribution in [2.45, 2.75) is 0 Å². The molecule has 0 radical (unpaired) electrons. The van der Waals surface area contributed by atoms with Gasteiger partial charge in [0, 0.05) is 21.5 Å². The van der Waals surface area contributed by atoms with Gasteiger partial charge in [0.15, 0.2) is 0 Å². The molecule has 0 saturated heterocycles. The van der Waals surface area contributed by atoms with Crippen molar-refractivity contribution in [1.82, 2.24) is 0 Å². The molecule has 10 aromatic carbocycles. The number of benzene rings is 10. The molecule has 0 aliphatic carbocycles. The van der Waals surface area contributed by atoms with Gasteiger partial charge in [-0.3, -0.25) is 0 Å². The van der Waals surface area contributed by atoms with Crippen LogP contribution in [0.3, 0.4) is 0 Å². The van der Waals surface area contributed by atoms with Gasteiger partial charge in [0.1, 0.15) is 22.3 Å². The van der Waals surface area contributed by atoms with Crippen molar-refractivity contribution in [2.24, 2.45) is 0 Å². The van der Waals surface area contributed by atoms with Crippen molar-refractivity contribution >= 4 is 76.2 Å². The monoisotopic (exact) mass is 735 g/mol. The Kier molecular flexibility index (Phi) is 3.47. The first-order valence-corrected chi connectivity index (χ1v) is 17.3. The molecule has 0 fully saturated rings. The van der Waals surface area contributed by atoms with Crippen molar-refractivity contribution in [3.05, 3.63) is 194 Å². The van der Waals surface area contributed by atoms with Gasteiger partial charge < -0.3 is 8.83 Å². The fourth-order valence-electron chi connectivity index (χ4n) is 7.49. The topological polar surface area (TPSA) is 26.3 Å². The first-order valence-electron chi connectivity index (χ1n) is 28.8. The van der Waals surface area contributed by atoms with Gasteiger partial charge in [-0.1, -0.05) is 151 Å². The zero-order valence-electron chi connectivity index (χ0n) is 51.5. The van der Waals surface area contributed by atoms with E-state index in [9.17, 15) is 16.4 Å². The van der Waals surface area contributed by atoms with Crippen LogP contribution in [-0.2, 0) is 0 Å². The van der Waals surface area contributed by atoms with E-state index in [-0.39, 0.29) is 54.6 Å². The van der Waals surface area contributed by atoms with E-state index in [0.717, 1.165) is 5.56 Å². The Hall–Kier alpha value is -7.42. The lowest BCUT2D eigenvalue weighted by molar-refractivity contribution is 0.663. The summed E-state index contributed by atoms with van der Waals surface area (Å²) in [5, 5.41) is -3.67. The average Bonchev–Trinajstić information content (AvgIpc) is 3.73. The minimum atomic E-state index is -0.939. The Morgan fingerprint density at radius 1 is 0.339 bits per heavy atom. The van der Waals surface area contributed by atoms with E-state index in [1.807, 2.05) is 18.2 Å². The molecule has 2 heterocycles. The molecule has 12 aromatic rings. The summed E-state index contributed by atoms with van der Waals surface area (Å²) in [6.07, 6.45) is 0. The number of rotatable bonds is 4. The predicted octanol–water partition coefficient (Wildman–Crippen LogP) is 15.6. The van der Waals surface area contributed by atoms with Gasteiger partial charge in [-0.05, 0) is 119 Å². The molecular weight excluding hydrogens is 681 g/mol. The molecule has 0 saturated carbocycles. The molecule has 0 spiro atoms. The Morgan fingerprint density at radius 3 is 1.64 bits per heavy atom. The van der Waals surface area contributed by atoms with Crippen molar-refractivity contribution in [3.63, 3.8) is 0 Å². The molecular formula is C54H32O2. The SMILES string of the molecule is [2H]c1c([2H])c([2H])c2c(oc3c([2H])c([2H])c4oc5c([2H])c(-c6c([2H])c([2H])c([2H])c7c([2H])c(-c8c9c([2H])c([2H])c([2H])c([2H])c9c(-c9cccc(-c%10ccccc%10)c9)c9c([2H])c([2H])c([2H])c([2H])c89)c([2H])c([2H])c67)c([2H])c([2H])c5c4c32)c1[2H]. The lowest BCUT2D eigenvalue weighted by atomic mass is 9.85. The van der Waals surface area contributed by atoms with Gasteiger partial charge in [-0.2, -0.15) is 0 Å². The van der Waals surface area contributed by atoms with E-state index in [2.05, 4.69) is 0 Å². The van der Waals surface area contributed by atoms with Crippen molar-refractivity contribution in [3.8, 4) is 44.5 Å². The van der Waals surface area contributed by atoms with Crippen LogP contribution in [0.2, 0.25) is 0 Å². The van der Waals surface area contributed by atoms with Crippen LogP contribution in [0.25, 0.3) is 121 Å². The molecule has 2 nitrogen and oxygen atoms in total. The maximum atomic E-state index is 10.00. The Labute approximate surface area is 354 Å². The van der Waals surface area contributed by atoms with E-state index in [0.29, 0.717) is 5.56 Å². The van der Waals surface area contributed by atoms with Crippen molar-refractivity contribution < 1.29 is 40.4 Å². The summed E-state index contributed by atoms with van der Waals surface area (Å²) in [4.78, 5) is 0. The molecule has 0 aliphatic rings. The number of hydrogen-bond acceptors (Lipinski definition) is 2. The Balaban J connectivity index is 1.23. The van der Waals surface area contributed by atoms with Crippen LogP contribution >= 0.6 is 0 Å². The largest absolute Gasteiger partial charge is 0.456 e. The maximum absolute atomic E-state index is 10.00. The van der Waals surface area contributed by atoms with Crippen LogP contribution in [0, 0.1) is 0 Å². The highest BCUT2D eigenvalue weighted by Gasteiger charge is 2.19. The zero-order valence-corrected chi connectivity index (χ0v) is 28.5. The highest BCUT2D eigenvalue weighted by Crippen LogP contribution is 2.46. The van der Waals surface area contributed by atoms with Crippen LogP contribution in [0.1, 0.15) is 31.5 Å². The first kappa shape index (κ1) is 16.1. The minimum absolute atomic E-state index is 0.0491. The molecule has 2 heteroatoms. The van der Waals surface area contributed by atoms with Crippen LogP contribution in [0.15, 0.2) is 202 Å². The van der Waals surface area contributed by atoms with E-state index < -0.39 is 194 Å². The second-order valence-electron chi connectivity index (χ2n) is 13.0. The molecule has 0 N–H and O–H groups in total. The lowest BCUT2D eigenvalue weighted by Crippen LogP contribution is -1.91. The third-order valence-electron chi connectivity index (χ3n) is 9.90. The summed E-state index contributed by atoms with van der Waals surface area (Å²) in [6.45, 7) is 0. The molecule has 56 heavy (non-hydrogen) atoms. The fourth-order valence-corrected chi connectivity index (χ4v) is 7.49. The number of furan rings is 2. The Bertz CT molecular complexity index is 4790. The van der Waals surface area contributed by atoms with Crippen molar-refractivity contribution in [2.75, 3.05) is 0 Å². The second kappa shape index (κ2) is 12.0. The first-order chi connectivity index (χ1) is 37.4. The summed E-state index contributed by atoms with van der Waals surface area (Å²) < 4.78 is 223. The standard InChI is InChI=1S/C54H32O2/c1-2-12-33(13-3-1)34-14-10-16-37(30-34)51-41-17-4-6-19-43(41)52(44-20-7-5-18-42(44)51)38-25-26-40-35(31-38)15-11-22-39(40)36-24-27-46-50(32-36)56-49-29-28-48-53(54(46)49)45-21-8-9-23-47(45)55-48/h1-32H/i4D,5D,6D,7D,8D,9D,11D,15D,17D,18D,19D,20D,21D,22D,23D,24D,25D,26D,27D,28D,29D,31D,32D. The normalized spacial score (nSPS) is 17.7. The van der Waals surface area contributed by atoms with Gasteiger partial charge in [-0.15, -0.1) is 0 Å². The molecule has 260 valence electrons. The number of para-hydroxylation sites is 1. The van der Waals surface area contributed by atoms with E-state index in [1.54, 1.807) is 36.4 Å². The lowest BCUT2D eigenvalue weighted by Gasteiger charge is -2.18. The third kappa shape index (κ3) is 4.63. The van der Waals surface area contributed by atoms with Gasteiger partial charge in [-0.25, -0.2) is 0 Å². The third-order valence-corrected chi connectivity index (χ3v) is 9.90. The summed E-state index contributed by atoms with van der Waals surface area (Å²) in [5.74, 6) is 0. The van der Waals surface area contributed by atoms with Gasteiger partial charge in [0.25, 0.3) is 0 Å². The zero-order chi connectivity index (χ0) is 56.8. The molecule has 12 rings (SSSR count). The van der Waals surface area contributed by atoms with Gasteiger partial charge in [0.2, 0.25) is 0 Å². The summed E-state index contributed by atoms with van der Waals surface area (Å²) in [5.41, 5.74) is -2.69. The molecule has 0 atom stereocenters. The quantitative estimate of drug-likeness (QED) is 0.168. The van der Waals surface area contributed by atoms with Crippen LogP contribution < -0.4 is 0 Å². The van der Waals surface area contributed by atoms with Crippen LogP contribution in [-0.4, -0.2) is 0 Å². The molecule has 0 amide bonds. The van der Waals surface area contributed by atoms with E-state index >= 15 is 0 Å². The Morgan fingerprint density at radius 2 is 0.911 bits per heavy atom. The minimum Gasteiger partial charge on any atom is -0.456 e. The van der Waals surface area contributed by atoms with Gasteiger partial charge in [0.05, 0.1) is 31.5 Å². The average molecular weight is 736 g/mol. The van der Waals surface area contributed by atoms with Gasteiger partial charge >= 0.3 is 0 Å². The van der Waals surface area contributed by atoms with E-state index in [1.165, 1.54) is 0 Å². The molecule has 2 aromatic heterocycles. The molecule has 0 bridgehead atoms. The second-order valence-corrected chi connectivity index (χ2v) is 13.0. The summed E-state index contributed by atoms with van der Waals surface area (Å²) in [7, 11) is 0. The summed E-state index contributed by atoms with van der Waals surface area (Å²) >= 11 is 0. The maximum Gasteiger partial charge on any atom is 0.136 e. The summed E-state index contributed by atoms with van der Waals surface area (Å²) in [6, 6.07) is -1.80. The predicted molar refractivity (Wildman–Crippen MR) is 235 cm³/mol. The highest BCUT2D eigenvalue weighted by molar-refractivity contribution is 6.26. The van der Waals surface area contributed by atoms with Crippen LogP contribution in [0.5, 0.6) is 0 Å². The highest BCUT2D eigenvalue weighted by atomic mass is 16.3. The fraction of sp³-hybridized carbons (Fsp3) is 0. The number of fused-ring (bicyclic) bond motifs is 10.